The first-order chi connectivity index (χ1) is 9.10. The van der Waals surface area contributed by atoms with Gasteiger partial charge in [-0.05, 0) is 61.4 Å². The number of hydrogen-bond acceptors (Lipinski definition) is 3. The third-order valence-electron chi connectivity index (χ3n) is 2.94. The zero-order chi connectivity index (χ0) is 13.8. The molecular weight excluding hydrogens is 238 g/mol. The average Bonchev–Trinajstić information content (AvgIpc) is 2.43. The van der Waals surface area contributed by atoms with Crippen LogP contribution >= 0.6 is 0 Å². The highest BCUT2D eigenvalue weighted by Crippen LogP contribution is 2.18. The highest BCUT2D eigenvalue weighted by Gasteiger charge is 2.08. The maximum atomic E-state index is 11.9. The molecule has 0 N–H and O–H groups in total. The number of aryl methyl sites for hydroxylation is 2. The molecule has 0 atom stereocenters. The summed E-state index contributed by atoms with van der Waals surface area (Å²) in [5, 5.41) is 8.69. The highest BCUT2D eigenvalue weighted by atomic mass is 16.5. The van der Waals surface area contributed by atoms with Crippen LogP contribution in [0.2, 0.25) is 0 Å². The zero-order valence-electron chi connectivity index (χ0n) is 10.8. The minimum Gasteiger partial charge on any atom is -0.423 e. The van der Waals surface area contributed by atoms with E-state index in [0.29, 0.717) is 16.9 Å². The Morgan fingerprint density at radius 1 is 1.05 bits per heavy atom. The van der Waals surface area contributed by atoms with Gasteiger partial charge in [-0.1, -0.05) is 6.07 Å². The summed E-state index contributed by atoms with van der Waals surface area (Å²) in [6, 6.07) is 13.9. The average molecular weight is 251 g/mol. The summed E-state index contributed by atoms with van der Waals surface area (Å²) in [7, 11) is 0. The Hall–Kier alpha value is -2.60. The molecule has 3 nitrogen and oxygen atoms in total. The zero-order valence-corrected chi connectivity index (χ0v) is 10.8. The van der Waals surface area contributed by atoms with Gasteiger partial charge in [0.15, 0.2) is 0 Å². The molecule has 0 aliphatic rings. The Morgan fingerprint density at radius 2 is 1.74 bits per heavy atom. The molecule has 2 aromatic carbocycles. The van der Waals surface area contributed by atoms with Crippen LogP contribution in [0.5, 0.6) is 5.75 Å². The fourth-order valence-electron chi connectivity index (χ4n) is 1.62. The van der Waals surface area contributed by atoms with Crippen LogP contribution in [-0.4, -0.2) is 5.97 Å². The molecule has 0 aliphatic carbocycles. The van der Waals surface area contributed by atoms with Gasteiger partial charge in [0.05, 0.1) is 17.2 Å². The lowest BCUT2D eigenvalue weighted by molar-refractivity contribution is 0.0734. The van der Waals surface area contributed by atoms with Gasteiger partial charge in [0.25, 0.3) is 0 Å². The number of hydrogen-bond donors (Lipinski definition) is 0. The van der Waals surface area contributed by atoms with Crippen molar-refractivity contribution in [3.8, 4) is 11.8 Å². The fourth-order valence-corrected chi connectivity index (χ4v) is 1.62. The standard InChI is InChI=1S/C16H13NO2/c1-11-3-8-15(9-12(11)2)19-16(18)14-6-4-13(10-17)5-7-14/h3-9H,1-2H3. The maximum absolute atomic E-state index is 11.9. The SMILES string of the molecule is Cc1ccc(OC(=O)c2ccc(C#N)cc2)cc1C. The van der Waals surface area contributed by atoms with Crippen molar-refractivity contribution in [1.29, 1.82) is 5.26 Å². The van der Waals surface area contributed by atoms with Gasteiger partial charge in [-0.25, -0.2) is 4.79 Å². The maximum Gasteiger partial charge on any atom is 0.343 e. The molecule has 19 heavy (non-hydrogen) atoms. The summed E-state index contributed by atoms with van der Waals surface area (Å²) in [6.07, 6.45) is 0. The van der Waals surface area contributed by atoms with Crippen molar-refractivity contribution in [2.75, 3.05) is 0 Å². The first kappa shape index (κ1) is 12.8. The molecule has 0 aliphatic heterocycles. The molecule has 0 aromatic heterocycles. The van der Waals surface area contributed by atoms with Crippen LogP contribution < -0.4 is 4.74 Å². The molecule has 0 spiro atoms. The molecular formula is C16H13NO2. The van der Waals surface area contributed by atoms with Gasteiger partial charge in [-0.3, -0.25) is 0 Å². The van der Waals surface area contributed by atoms with Gasteiger partial charge < -0.3 is 4.74 Å². The number of esters is 1. The second kappa shape index (κ2) is 5.36. The van der Waals surface area contributed by atoms with E-state index in [-0.39, 0.29) is 0 Å². The van der Waals surface area contributed by atoms with Crippen LogP contribution in [0, 0.1) is 25.2 Å². The van der Waals surface area contributed by atoms with E-state index >= 15 is 0 Å². The van der Waals surface area contributed by atoms with Crippen LogP contribution in [0.15, 0.2) is 42.5 Å². The van der Waals surface area contributed by atoms with Crippen molar-refractivity contribution < 1.29 is 9.53 Å². The van der Waals surface area contributed by atoms with Gasteiger partial charge >= 0.3 is 5.97 Å². The molecule has 2 rings (SSSR count). The monoisotopic (exact) mass is 251 g/mol. The molecule has 0 saturated carbocycles. The van der Waals surface area contributed by atoms with E-state index < -0.39 is 5.97 Å². The van der Waals surface area contributed by atoms with Crippen molar-refractivity contribution in [3.63, 3.8) is 0 Å². The predicted molar refractivity (Wildman–Crippen MR) is 72.0 cm³/mol. The summed E-state index contributed by atoms with van der Waals surface area (Å²) in [6.45, 7) is 3.97. The van der Waals surface area contributed by atoms with E-state index in [9.17, 15) is 4.79 Å². The van der Waals surface area contributed by atoms with E-state index in [1.807, 2.05) is 32.0 Å². The first-order valence-electron chi connectivity index (χ1n) is 5.90. The lowest BCUT2D eigenvalue weighted by Crippen LogP contribution is -2.08. The van der Waals surface area contributed by atoms with E-state index in [0.717, 1.165) is 11.1 Å². The Balaban J connectivity index is 2.16. The van der Waals surface area contributed by atoms with Crippen molar-refractivity contribution >= 4 is 5.97 Å². The van der Waals surface area contributed by atoms with Crippen LogP contribution in [0.1, 0.15) is 27.0 Å². The minimum atomic E-state index is -0.423. The van der Waals surface area contributed by atoms with Crippen LogP contribution in [0.4, 0.5) is 0 Å². The topological polar surface area (TPSA) is 50.1 Å². The Kier molecular flexibility index (Phi) is 3.63. The smallest absolute Gasteiger partial charge is 0.343 e. The second-order valence-corrected chi connectivity index (χ2v) is 4.32. The summed E-state index contributed by atoms with van der Waals surface area (Å²) in [5.41, 5.74) is 3.17. The Bertz CT molecular complexity index is 651. The third-order valence-corrected chi connectivity index (χ3v) is 2.94. The van der Waals surface area contributed by atoms with Gasteiger partial charge in [0, 0.05) is 0 Å². The largest absolute Gasteiger partial charge is 0.423 e. The van der Waals surface area contributed by atoms with Crippen LogP contribution in [0.25, 0.3) is 0 Å². The summed E-state index contributed by atoms with van der Waals surface area (Å²) >= 11 is 0. The Morgan fingerprint density at radius 3 is 2.32 bits per heavy atom. The van der Waals surface area contributed by atoms with E-state index in [2.05, 4.69) is 0 Å². The molecule has 0 radical (unpaired) electrons. The molecule has 0 fully saturated rings. The van der Waals surface area contributed by atoms with Gasteiger partial charge in [0.1, 0.15) is 5.75 Å². The summed E-state index contributed by atoms with van der Waals surface area (Å²) in [4.78, 5) is 11.9. The second-order valence-electron chi connectivity index (χ2n) is 4.32. The van der Waals surface area contributed by atoms with Crippen molar-refractivity contribution in [2.24, 2.45) is 0 Å². The van der Waals surface area contributed by atoms with Crippen LogP contribution in [0.3, 0.4) is 0 Å². The quantitative estimate of drug-likeness (QED) is 0.607. The minimum absolute atomic E-state index is 0.423. The molecule has 0 saturated heterocycles. The molecule has 0 amide bonds. The fraction of sp³-hybridized carbons (Fsp3) is 0.125. The number of nitrogens with zero attached hydrogens (tertiary/aromatic N) is 1. The lowest BCUT2D eigenvalue weighted by atomic mass is 10.1. The Labute approximate surface area is 112 Å². The predicted octanol–water partition coefficient (Wildman–Crippen LogP) is 3.39. The van der Waals surface area contributed by atoms with Crippen LogP contribution in [-0.2, 0) is 0 Å². The first-order valence-corrected chi connectivity index (χ1v) is 5.90. The van der Waals surface area contributed by atoms with Crippen molar-refractivity contribution in [2.45, 2.75) is 13.8 Å². The molecule has 0 heterocycles. The third kappa shape index (κ3) is 2.99. The number of rotatable bonds is 2. The van der Waals surface area contributed by atoms with E-state index in [1.165, 1.54) is 0 Å². The number of ether oxygens (including phenoxy) is 1. The van der Waals surface area contributed by atoms with Gasteiger partial charge in [-0.15, -0.1) is 0 Å². The molecule has 2 aromatic rings. The number of nitriles is 1. The molecule has 0 bridgehead atoms. The molecule has 94 valence electrons. The van der Waals surface area contributed by atoms with E-state index in [4.69, 9.17) is 10.00 Å². The molecule has 0 unspecified atom stereocenters. The van der Waals surface area contributed by atoms with Gasteiger partial charge in [0.2, 0.25) is 0 Å². The summed E-state index contributed by atoms with van der Waals surface area (Å²) in [5.74, 6) is 0.102. The number of carbonyl (C=O) groups excluding carboxylic acids is 1. The normalized spacial score (nSPS) is 9.74. The lowest BCUT2D eigenvalue weighted by Gasteiger charge is -2.06. The summed E-state index contributed by atoms with van der Waals surface area (Å²) < 4.78 is 5.29. The molecule has 3 heteroatoms. The highest BCUT2D eigenvalue weighted by molar-refractivity contribution is 5.91. The van der Waals surface area contributed by atoms with Gasteiger partial charge in [-0.2, -0.15) is 5.26 Å². The number of benzene rings is 2. The number of carbonyl (C=O) groups is 1. The van der Waals surface area contributed by atoms with Crippen molar-refractivity contribution in [3.05, 3.63) is 64.7 Å². The van der Waals surface area contributed by atoms with E-state index in [1.54, 1.807) is 30.3 Å². The van der Waals surface area contributed by atoms with Crippen molar-refractivity contribution in [1.82, 2.24) is 0 Å².